The number of ether oxygens (including phenoxy) is 2. The number of aryl methyl sites for hydroxylation is 1. The van der Waals surface area contributed by atoms with E-state index in [1.165, 1.54) is 17.7 Å². The predicted octanol–water partition coefficient (Wildman–Crippen LogP) is 1.82. The van der Waals surface area contributed by atoms with Gasteiger partial charge in [0.25, 0.3) is 0 Å². The van der Waals surface area contributed by atoms with Crippen molar-refractivity contribution in [3.63, 3.8) is 0 Å². The number of methoxy groups -OCH3 is 1. The van der Waals surface area contributed by atoms with E-state index in [0.717, 1.165) is 31.9 Å². The van der Waals surface area contributed by atoms with Crippen LogP contribution >= 0.6 is 0 Å². The molecule has 19 heavy (non-hydrogen) atoms. The highest BCUT2D eigenvalue weighted by molar-refractivity contribution is 5.60. The lowest BCUT2D eigenvalue weighted by Crippen LogP contribution is -2.28. The minimum absolute atomic E-state index is 0.596. The van der Waals surface area contributed by atoms with E-state index >= 15 is 0 Å². The van der Waals surface area contributed by atoms with Gasteiger partial charge in [0.15, 0.2) is 0 Å². The van der Waals surface area contributed by atoms with E-state index in [4.69, 9.17) is 9.47 Å². The summed E-state index contributed by atoms with van der Waals surface area (Å²) in [6.45, 7) is 7.58. The molecule has 0 saturated carbocycles. The van der Waals surface area contributed by atoms with Crippen LogP contribution in [0.4, 0.5) is 5.69 Å². The third-order valence-corrected chi connectivity index (χ3v) is 3.34. The Kier molecular flexibility index (Phi) is 5.48. The molecule has 1 aromatic rings. The maximum Gasteiger partial charge on any atom is 0.142 e. The standard InChI is InChI=1S/C15H24N2O2/c1-13-4-5-15(19-11-10-18-2)14(12-13)17-8-3-6-16-7-9-17/h4-5,12,16H,3,6-11H2,1-2H3. The van der Waals surface area contributed by atoms with E-state index in [1.807, 2.05) is 0 Å². The zero-order valence-corrected chi connectivity index (χ0v) is 11.9. The van der Waals surface area contributed by atoms with Crippen LogP contribution in [0.2, 0.25) is 0 Å². The Morgan fingerprint density at radius 3 is 2.95 bits per heavy atom. The molecule has 1 aliphatic heterocycles. The van der Waals surface area contributed by atoms with Gasteiger partial charge in [0, 0.05) is 26.7 Å². The smallest absolute Gasteiger partial charge is 0.142 e. The Hall–Kier alpha value is -1.26. The first-order chi connectivity index (χ1) is 9.31. The zero-order chi connectivity index (χ0) is 13.5. The van der Waals surface area contributed by atoms with Gasteiger partial charge < -0.3 is 19.7 Å². The van der Waals surface area contributed by atoms with Gasteiger partial charge in [0.1, 0.15) is 12.4 Å². The summed E-state index contributed by atoms with van der Waals surface area (Å²) < 4.78 is 10.9. The molecule has 1 saturated heterocycles. The molecule has 1 fully saturated rings. The van der Waals surface area contributed by atoms with Crippen molar-refractivity contribution in [3.8, 4) is 5.75 Å². The first-order valence-electron chi connectivity index (χ1n) is 6.99. The average molecular weight is 264 g/mol. The van der Waals surface area contributed by atoms with Crippen molar-refractivity contribution in [1.29, 1.82) is 0 Å². The molecule has 0 spiro atoms. The van der Waals surface area contributed by atoms with E-state index in [1.54, 1.807) is 7.11 Å². The van der Waals surface area contributed by atoms with E-state index < -0.39 is 0 Å². The van der Waals surface area contributed by atoms with Crippen molar-refractivity contribution < 1.29 is 9.47 Å². The maximum atomic E-state index is 5.84. The van der Waals surface area contributed by atoms with Crippen LogP contribution in [0.15, 0.2) is 18.2 Å². The highest BCUT2D eigenvalue weighted by atomic mass is 16.5. The van der Waals surface area contributed by atoms with Crippen LogP contribution in [0, 0.1) is 6.92 Å². The van der Waals surface area contributed by atoms with Crippen LogP contribution in [-0.4, -0.2) is 46.5 Å². The van der Waals surface area contributed by atoms with Gasteiger partial charge in [-0.05, 0) is 37.6 Å². The molecule has 1 heterocycles. The van der Waals surface area contributed by atoms with Gasteiger partial charge in [0.2, 0.25) is 0 Å². The number of nitrogens with zero attached hydrogens (tertiary/aromatic N) is 1. The summed E-state index contributed by atoms with van der Waals surface area (Å²) in [5.74, 6) is 0.963. The van der Waals surface area contributed by atoms with Gasteiger partial charge in [-0.1, -0.05) is 6.07 Å². The molecule has 0 unspecified atom stereocenters. The lowest BCUT2D eigenvalue weighted by atomic mass is 10.2. The minimum Gasteiger partial charge on any atom is -0.489 e. The van der Waals surface area contributed by atoms with E-state index in [-0.39, 0.29) is 0 Å². The highest BCUT2D eigenvalue weighted by Gasteiger charge is 2.14. The number of benzene rings is 1. The van der Waals surface area contributed by atoms with Crippen LogP contribution in [0.25, 0.3) is 0 Å². The third kappa shape index (κ3) is 4.11. The van der Waals surface area contributed by atoms with Gasteiger partial charge in [-0.25, -0.2) is 0 Å². The van der Waals surface area contributed by atoms with Crippen molar-refractivity contribution in [1.82, 2.24) is 5.32 Å². The van der Waals surface area contributed by atoms with Crippen LogP contribution in [-0.2, 0) is 4.74 Å². The summed E-state index contributed by atoms with van der Waals surface area (Å²) in [5, 5.41) is 3.43. The number of rotatable bonds is 5. The molecular weight excluding hydrogens is 240 g/mol. The molecule has 1 aromatic carbocycles. The number of anilines is 1. The molecule has 4 heteroatoms. The number of nitrogens with one attached hydrogen (secondary N) is 1. The molecule has 0 atom stereocenters. The Morgan fingerprint density at radius 2 is 2.11 bits per heavy atom. The van der Waals surface area contributed by atoms with Crippen molar-refractivity contribution in [2.45, 2.75) is 13.3 Å². The molecule has 2 rings (SSSR count). The largest absolute Gasteiger partial charge is 0.489 e. The quantitative estimate of drug-likeness (QED) is 0.823. The Labute approximate surface area is 115 Å². The molecule has 1 N–H and O–H groups in total. The minimum atomic E-state index is 0.596. The summed E-state index contributed by atoms with van der Waals surface area (Å²) in [6.07, 6.45) is 1.17. The fourth-order valence-electron chi connectivity index (χ4n) is 2.32. The van der Waals surface area contributed by atoms with Gasteiger partial charge in [-0.3, -0.25) is 0 Å². The van der Waals surface area contributed by atoms with E-state index in [2.05, 4.69) is 35.3 Å². The van der Waals surface area contributed by atoms with Crippen LogP contribution in [0.5, 0.6) is 5.75 Å². The summed E-state index contributed by atoms with van der Waals surface area (Å²) in [4.78, 5) is 2.41. The third-order valence-electron chi connectivity index (χ3n) is 3.34. The lowest BCUT2D eigenvalue weighted by Gasteiger charge is -2.25. The second-order valence-electron chi connectivity index (χ2n) is 4.90. The van der Waals surface area contributed by atoms with Crippen molar-refractivity contribution in [2.24, 2.45) is 0 Å². The van der Waals surface area contributed by atoms with Crippen molar-refractivity contribution in [3.05, 3.63) is 23.8 Å². The van der Waals surface area contributed by atoms with E-state index in [0.29, 0.717) is 13.2 Å². The van der Waals surface area contributed by atoms with Crippen LogP contribution < -0.4 is 15.0 Å². The summed E-state index contributed by atoms with van der Waals surface area (Å²) in [5.41, 5.74) is 2.48. The zero-order valence-electron chi connectivity index (χ0n) is 11.9. The van der Waals surface area contributed by atoms with Crippen molar-refractivity contribution >= 4 is 5.69 Å². The Bertz CT molecular complexity index is 388. The Morgan fingerprint density at radius 1 is 1.21 bits per heavy atom. The molecular formula is C15H24N2O2. The second-order valence-corrected chi connectivity index (χ2v) is 4.90. The highest BCUT2D eigenvalue weighted by Crippen LogP contribution is 2.30. The normalized spacial score (nSPS) is 16.2. The topological polar surface area (TPSA) is 33.7 Å². The maximum absolute atomic E-state index is 5.84. The van der Waals surface area contributed by atoms with E-state index in [9.17, 15) is 0 Å². The van der Waals surface area contributed by atoms with Gasteiger partial charge >= 0.3 is 0 Å². The van der Waals surface area contributed by atoms with Gasteiger partial charge in [-0.2, -0.15) is 0 Å². The molecule has 1 aliphatic rings. The molecule has 0 bridgehead atoms. The molecule has 4 nitrogen and oxygen atoms in total. The Balaban J connectivity index is 2.13. The molecule has 0 aromatic heterocycles. The predicted molar refractivity (Wildman–Crippen MR) is 78.2 cm³/mol. The fourth-order valence-corrected chi connectivity index (χ4v) is 2.32. The van der Waals surface area contributed by atoms with Crippen LogP contribution in [0.3, 0.4) is 0 Å². The first-order valence-corrected chi connectivity index (χ1v) is 6.99. The van der Waals surface area contributed by atoms with Crippen molar-refractivity contribution in [2.75, 3.05) is 51.4 Å². The summed E-state index contributed by atoms with van der Waals surface area (Å²) >= 11 is 0. The molecule has 0 radical (unpaired) electrons. The summed E-state index contributed by atoms with van der Waals surface area (Å²) in [6, 6.07) is 6.38. The number of hydrogen-bond donors (Lipinski definition) is 1. The average Bonchev–Trinajstić information content (AvgIpc) is 2.69. The molecule has 106 valence electrons. The van der Waals surface area contributed by atoms with Crippen LogP contribution in [0.1, 0.15) is 12.0 Å². The summed E-state index contributed by atoms with van der Waals surface area (Å²) in [7, 11) is 1.69. The first kappa shape index (κ1) is 14.2. The fraction of sp³-hybridized carbons (Fsp3) is 0.600. The van der Waals surface area contributed by atoms with Gasteiger partial charge in [0.05, 0.1) is 12.3 Å². The second kappa shape index (κ2) is 7.36. The molecule has 0 amide bonds. The number of hydrogen-bond acceptors (Lipinski definition) is 4. The lowest BCUT2D eigenvalue weighted by molar-refractivity contribution is 0.146. The monoisotopic (exact) mass is 264 g/mol. The van der Waals surface area contributed by atoms with Gasteiger partial charge in [-0.15, -0.1) is 0 Å². The molecule has 0 aliphatic carbocycles. The SMILES string of the molecule is COCCOc1ccc(C)cc1N1CCCNCC1.